The fourth-order valence-electron chi connectivity index (χ4n) is 2.72. The summed E-state index contributed by atoms with van der Waals surface area (Å²) < 4.78 is 49.0. The molecule has 2 nitrogen and oxygen atoms in total. The molecule has 1 saturated heterocycles. The van der Waals surface area contributed by atoms with Crippen molar-refractivity contribution in [3.63, 3.8) is 0 Å². The van der Waals surface area contributed by atoms with Crippen molar-refractivity contribution in [3.8, 4) is 23.0 Å². The lowest BCUT2D eigenvalue weighted by Gasteiger charge is -2.24. The number of rotatable bonds is 2. The number of alkyl halides is 3. The highest BCUT2D eigenvalue weighted by atomic mass is 19.4. The second kappa shape index (κ2) is 8.43. The van der Waals surface area contributed by atoms with E-state index in [0.717, 1.165) is 28.8 Å². The Morgan fingerprint density at radius 2 is 1.48 bits per heavy atom. The summed E-state index contributed by atoms with van der Waals surface area (Å²) >= 11 is 0. The minimum atomic E-state index is -4.33. The molecule has 0 bridgehead atoms. The maximum Gasteiger partial charge on any atom is 0.416 e. The van der Waals surface area contributed by atoms with Crippen molar-refractivity contribution < 1.29 is 22.6 Å². The number of ether oxygens (including phenoxy) is 2. The summed E-state index contributed by atoms with van der Waals surface area (Å²) in [5.74, 6) is 6.20. The van der Waals surface area contributed by atoms with Gasteiger partial charge in [-0.1, -0.05) is 42.3 Å². The Morgan fingerprint density at radius 1 is 0.926 bits per heavy atom. The van der Waals surface area contributed by atoms with Crippen LogP contribution in [0, 0.1) is 17.8 Å². The number of halogens is 3. The Kier molecular flexibility index (Phi) is 6.00. The molecule has 1 fully saturated rings. The van der Waals surface area contributed by atoms with Crippen LogP contribution in [0.4, 0.5) is 13.2 Å². The highest BCUT2D eigenvalue weighted by molar-refractivity contribution is 5.64. The average Bonchev–Trinajstić information content (AvgIpc) is 2.68. The minimum absolute atomic E-state index is 0.260. The first-order valence-electron chi connectivity index (χ1n) is 8.61. The Bertz CT molecular complexity index is 832. The number of hydrogen-bond acceptors (Lipinski definition) is 2. The maximum absolute atomic E-state index is 12.6. The largest absolute Gasteiger partial charge is 0.416 e. The van der Waals surface area contributed by atoms with Crippen LogP contribution in [0.3, 0.4) is 0 Å². The molecule has 0 aliphatic carbocycles. The van der Waals surface area contributed by atoms with Crippen LogP contribution in [0.1, 0.15) is 18.1 Å². The molecule has 0 saturated carbocycles. The van der Waals surface area contributed by atoms with E-state index >= 15 is 0 Å². The molecule has 0 N–H and O–H groups in total. The summed E-state index contributed by atoms with van der Waals surface area (Å²) in [5, 5.41) is 0. The van der Waals surface area contributed by atoms with Crippen LogP contribution in [0.2, 0.25) is 0 Å². The molecule has 0 spiro atoms. The Hall–Kier alpha value is -2.55. The number of benzene rings is 2. The molecule has 1 heterocycles. The predicted octanol–water partition coefficient (Wildman–Crippen LogP) is 5.29. The minimum Gasteiger partial charge on any atom is -0.341 e. The number of hydrogen-bond donors (Lipinski definition) is 0. The lowest BCUT2D eigenvalue weighted by Crippen LogP contribution is -2.30. The summed E-state index contributed by atoms with van der Waals surface area (Å²) in [4.78, 5) is 0. The second-order valence-corrected chi connectivity index (χ2v) is 6.21. The summed E-state index contributed by atoms with van der Waals surface area (Å²) in [6.07, 6.45) is -0.847. The molecule has 1 aliphatic rings. The van der Waals surface area contributed by atoms with Gasteiger partial charge in [-0.05, 0) is 48.2 Å². The summed E-state index contributed by atoms with van der Waals surface area (Å²) in [5.41, 5.74) is 1.68. The Labute approximate surface area is 156 Å². The fourth-order valence-corrected chi connectivity index (χ4v) is 2.72. The van der Waals surface area contributed by atoms with Gasteiger partial charge >= 0.3 is 6.18 Å². The van der Waals surface area contributed by atoms with Gasteiger partial charge < -0.3 is 9.47 Å². The van der Waals surface area contributed by atoms with E-state index in [2.05, 4.69) is 11.8 Å². The van der Waals surface area contributed by atoms with E-state index < -0.39 is 18.0 Å². The molecule has 2 aromatic carbocycles. The van der Waals surface area contributed by atoms with Crippen molar-refractivity contribution in [2.24, 2.45) is 5.92 Å². The van der Waals surface area contributed by atoms with Crippen LogP contribution < -0.4 is 0 Å². The van der Waals surface area contributed by atoms with Gasteiger partial charge in [-0.15, -0.1) is 0 Å². The van der Waals surface area contributed by atoms with Crippen LogP contribution in [0.15, 0.2) is 60.7 Å². The van der Waals surface area contributed by atoms with Crippen LogP contribution in [-0.4, -0.2) is 19.5 Å². The topological polar surface area (TPSA) is 18.5 Å². The monoisotopic (exact) mass is 372 g/mol. The average molecular weight is 372 g/mol. The smallest absolute Gasteiger partial charge is 0.341 e. The third-order valence-electron chi connectivity index (χ3n) is 4.15. The van der Waals surface area contributed by atoms with Crippen molar-refractivity contribution in [3.05, 3.63) is 71.8 Å². The van der Waals surface area contributed by atoms with Gasteiger partial charge in [0.1, 0.15) is 0 Å². The fraction of sp³-hybridized carbons (Fsp3) is 0.273. The van der Waals surface area contributed by atoms with E-state index in [0.29, 0.717) is 13.2 Å². The first-order chi connectivity index (χ1) is 13.0. The van der Waals surface area contributed by atoms with Crippen molar-refractivity contribution in [2.45, 2.75) is 19.4 Å². The zero-order valence-electron chi connectivity index (χ0n) is 14.8. The van der Waals surface area contributed by atoms with Crippen LogP contribution >= 0.6 is 0 Å². The second-order valence-electron chi connectivity index (χ2n) is 6.21. The molecule has 2 aromatic rings. The van der Waals surface area contributed by atoms with E-state index in [1.165, 1.54) is 12.1 Å². The van der Waals surface area contributed by atoms with Crippen LogP contribution in [0.25, 0.3) is 11.1 Å². The normalized spacial score (nSPS) is 20.3. The van der Waals surface area contributed by atoms with Gasteiger partial charge in [0, 0.05) is 11.5 Å². The van der Waals surface area contributed by atoms with Crippen molar-refractivity contribution >= 4 is 0 Å². The van der Waals surface area contributed by atoms with Gasteiger partial charge in [-0.25, -0.2) is 0 Å². The van der Waals surface area contributed by atoms with Crippen LogP contribution in [-0.2, 0) is 15.7 Å². The van der Waals surface area contributed by atoms with Crippen LogP contribution in [0.5, 0.6) is 0 Å². The van der Waals surface area contributed by atoms with Crippen molar-refractivity contribution in [1.29, 1.82) is 0 Å². The summed E-state index contributed by atoms with van der Waals surface area (Å²) in [6, 6.07) is 12.4. The quantitative estimate of drug-likeness (QED) is 0.527. The SMILES string of the molecule is C/C=C/C1COC(C#Cc2ccc(-c3ccc(C(F)(F)F)cc3)cc2)OC1. The third-order valence-corrected chi connectivity index (χ3v) is 4.15. The Balaban J connectivity index is 1.63. The lowest BCUT2D eigenvalue weighted by atomic mass is 10.0. The van der Waals surface area contributed by atoms with E-state index in [9.17, 15) is 13.2 Å². The zero-order chi connectivity index (χ0) is 19.3. The molecular weight excluding hydrogens is 353 g/mol. The molecule has 3 rings (SSSR count). The number of allylic oxidation sites excluding steroid dienone is 1. The highest BCUT2D eigenvalue weighted by Crippen LogP contribution is 2.31. The molecule has 0 aromatic heterocycles. The van der Waals surface area contributed by atoms with Gasteiger partial charge in [0.15, 0.2) is 0 Å². The molecule has 140 valence electrons. The molecular formula is C22H19F3O2. The van der Waals surface area contributed by atoms with Gasteiger partial charge in [-0.2, -0.15) is 13.2 Å². The molecule has 0 radical (unpaired) electrons. The van der Waals surface area contributed by atoms with Crippen molar-refractivity contribution in [1.82, 2.24) is 0 Å². The van der Waals surface area contributed by atoms with Gasteiger partial charge in [0.25, 0.3) is 0 Å². The standard InChI is InChI=1S/C22H19F3O2/c1-2-3-17-14-26-21(27-15-17)13-6-16-4-7-18(8-5-16)19-9-11-20(12-10-19)22(23,24)25/h2-5,7-12,17,21H,14-15H2,1H3/b3-2+. The van der Waals surface area contributed by atoms with Gasteiger partial charge in [-0.3, -0.25) is 0 Å². The molecule has 5 heteroatoms. The first kappa shape index (κ1) is 19.2. The van der Waals surface area contributed by atoms with E-state index in [4.69, 9.17) is 9.47 Å². The summed E-state index contributed by atoms with van der Waals surface area (Å²) in [7, 11) is 0. The highest BCUT2D eigenvalue weighted by Gasteiger charge is 2.29. The third kappa shape index (κ3) is 5.22. The van der Waals surface area contributed by atoms with Crippen molar-refractivity contribution in [2.75, 3.05) is 13.2 Å². The summed E-state index contributed by atoms with van der Waals surface area (Å²) in [6.45, 7) is 3.12. The predicted molar refractivity (Wildman–Crippen MR) is 97.8 cm³/mol. The van der Waals surface area contributed by atoms with Gasteiger partial charge in [0.2, 0.25) is 6.29 Å². The zero-order valence-corrected chi connectivity index (χ0v) is 14.8. The molecule has 27 heavy (non-hydrogen) atoms. The lowest BCUT2D eigenvalue weighted by molar-refractivity contribution is -0.160. The maximum atomic E-state index is 12.6. The van der Waals surface area contributed by atoms with E-state index in [-0.39, 0.29) is 5.92 Å². The molecule has 0 amide bonds. The molecule has 1 aliphatic heterocycles. The van der Waals surface area contributed by atoms with E-state index in [1.807, 2.05) is 43.3 Å². The molecule has 0 unspecified atom stereocenters. The van der Waals surface area contributed by atoms with Gasteiger partial charge in [0.05, 0.1) is 18.8 Å². The molecule has 0 atom stereocenters. The first-order valence-corrected chi connectivity index (χ1v) is 8.61. The van der Waals surface area contributed by atoms with E-state index in [1.54, 1.807) is 0 Å². The Morgan fingerprint density at radius 3 is 2.00 bits per heavy atom.